The van der Waals surface area contributed by atoms with Gasteiger partial charge in [0.25, 0.3) is 0 Å². The molecule has 0 aliphatic carbocycles. The Morgan fingerprint density at radius 1 is 0.875 bits per heavy atom. The van der Waals surface area contributed by atoms with Crippen LogP contribution in [-0.4, -0.2) is 72.7 Å². The Hall–Kier alpha value is -1.72. The zero-order chi connectivity index (χ0) is 22.0. The van der Waals surface area contributed by atoms with E-state index in [0.717, 1.165) is 57.7 Å². The van der Waals surface area contributed by atoms with E-state index in [4.69, 9.17) is 0 Å². The molecule has 4 saturated heterocycles. The van der Waals surface area contributed by atoms with Gasteiger partial charge in [-0.25, -0.2) is 0 Å². The summed E-state index contributed by atoms with van der Waals surface area (Å²) >= 11 is 0. The predicted molar refractivity (Wildman–Crippen MR) is 133 cm³/mol. The normalized spacial score (nSPS) is 28.5. The highest BCUT2D eigenvalue weighted by Crippen LogP contribution is 2.45. The first-order valence-corrected chi connectivity index (χ1v) is 12.6. The van der Waals surface area contributed by atoms with E-state index in [1.54, 1.807) is 0 Å². The number of likely N-dealkylation sites (N-methyl/N-ethyl adjacent to an activating group) is 1. The second-order valence-corrected chi connectivity index (χ2v) is 10.4. The number of hydrogen-bond donors (Lipinski definition) is 1. The Balaban J connectivity index is 0.00000259. The molecule has 2 unspecified atom stereocenters. The minimum atomic E-state index is -0.747. The minimum absolute atomic E-state index is 0. The average molecular weight is 436 g/mol. The number of aryl methyl sites for hydroxylation is 1. The monoisotopic (exact) mass is 435 g/mol. The van der Waals surface area contributed by atoms with Gasteiger partial charge in [-0.2, -0.15) is 0 Å². The Morgan fingerprint density at radius 2 is 1.53 bits per heavy atom. The fourth-order valence-corrected chi connectivity index (χ4v) is 6.19. The Kier molecular flexibility index (Phi) is 6.66. The molecule has 0 amide bonds. The molecule has 4 nitrogen and oxygen atoms in total. The molecule has 174 valence electrons. The maximum absolute atomic E-state index is 12.1. The Morgan fingerprint density at radius 3 is 2.16 bits per heavy atom. The van der Waals surface area contributed by atoms with Gasteiger partial charge in [-0.1, -0.05) is 54.6 Å². The van der Waals surface area contributed by atoms with Crippen LogP contribution in [0.2, 0.25) is 0 Å². The Labute approximate surface area is 195 Å². The molecule has 0 spiro atoms. The molecule has 32 heavy (non-hydrogen) atoms. The second kappa shape index (κ2) is 9.64. The minimum Gasteiger partial charge on any atom is -0.385 e. The molecule has 0 saturated carbocycles. The Bertz CT molecular complexity index is 860. The summed E-state index contributed by atoms with van der Waals surface area (Å²) in [4.78, 5) is 7.52. The smallest absolute Gasteiger partial charge is 0.0942 e. The second-order valence-electron chi connectivity index (χ2n) is 10.4. The summed E-state index contributed by atoms with van der Waals surface area (Å²) in [5.41, 5.74) is 3.09. The van der Waals surface area contributed by atoms with Crippen LogP contribution in [0, 0.1) is 11.8 Å². The van der Waals surface area contributed by atoms with Gasteiger partial charge in [-0.05, 0) is 68.4 Å². The molecule has 4 fully saturated rings. The van der Waals surface area contributed by atoms with Crippen molar-refractivity contribution in [3.05, 3.63) is 71.3 Å². The lowest BCUT2D eigenvalue weighted by Crippen LogP contribution is -2.55. The highest BCUT2D eigenvalue weighted by Gasteiger charge is 2.47. The quantitative estimate of drug-likeness (QED) is 0.716. The molecule has 4 aliphatic heterocycles. The van der Waals surface area contributed by atoms with Crippen LogP contribution < -0.4 is 0 Å². The third-order valence-corrected chi connectivity index (χ3v) is 8.36. The number of piperazine rings is 1. The first kappa shape index (κ1) is 22.1. The summed E-state index contributed by atoms with van der Waals surface area (Å²) in [6, 6.07) is 19.6. The summed E-state index contributed by atoms with van der Waals surface area (Å²) in [6.07, 6.45) is 4.19. The van der Waals surface area contributed by atoms with E-state index in [1.165, 1.54) is 37.1 Å². The zero-order valence-corrected chi connectivity index (χ0v) is 19.6. The molecule has 2 bridgehead atoms. The van der Waals surface area contributed by atoms with Gasteiger partial charge in [0.2, 0.25) is 0 Å². The largest absolute Gasteiger partial charge is 0.385 e. The molecular formula is C28H41N3O. The molecule has 6 rings (SSSR count). The van der Waals surface area contributed by atoms with E-state index in [9.17, 15) is 5.11 Å². The van der Waals surface area contributed by atoms with Crippen molar-refractivity contribution in [2.75, 3.05) is 52.9 Å². The maximum Gasteiger partial charge on any atom is 0.0942 e. The average Bonchev–Trinajstić information content (AvgIpc) is 2.86. The van der Waals surface area contributed by atoms with Crippen LogP contribution in [0.4, 0.5) is 0 Å². The molecule has 0 aromatic heterocycles. The lowest BCUT2D eigenvalue weighted by molar-refractivity contribution is -0.106. The van der Waals surface area contributed by atoms with Crippen LogP contribution in [0.5, 0.6) is 0 Å². The standard InChI is InChI=1S/C28H39N3O.H2/c1-29-17-19-31(20-18-29)21-24-9-7-23(8-10-24)11-14-28(32,26-5-3-2-4-6-26)27-22-30-15-12-25(27)13-16-30;/h2-10,25,27,32H,11-22H2,1H3;1H. The van der Waals surface area contributed by atoms with E-state index in [0.29, 0.717) is 11.8 Å². The summed E-state index contributed by atoms with van der Waals surface area (Å²) < 4.78 is 0. The number of nitrogens with zero attached hydrogens (tertiary/aromatic N) is 3. The van der Waals surface area contributed by atoms with Crippen molar-refractivity contribution in [1.29, 1.82) is 0 Å². The predicted octanol–water partition coefficient (Wildman–Crippen LogP) is 3.84. The van der Waals surface area contributed by atoms with Crippen LogP contribution in [0.25, 0.3) is 0 Å². The van der Waals surface area contributed by atoms with Gasteiger partial charge < -0.3 is 14.9 Å². The molecule has 4 heterocycles. The zero-order valence-electron chi connectivity index (χ0n) is 19.6. The van der Waals surface area contributed by atoms with Gasteiger partial charge >= 0.3 is 0 Å². The maximum atomic E-state index is 12.1. The van der Waals surface area contributed by atoms with Crippen molar-refractivity contribution in [3.63, 3.8) is 0 Å². The van der Waals surface area contributed by atoms with E-state index in [1.807, 2.05) is 0 Å². The molecule has 1 N–H and O–H groups in total. The van der Waals surface area contributed by atoms with E-state index in [2.05, 4.69) is 76.3 Å². The highest BCUT2D eigenvalue weighted by molar-refractivity contribution is 5.27. The number of aliphatic hydroxyl groups is 1. The molecule has 4 aliphatic rings. The van der Waals surface area contributed by atoms with Gasteiger partial charge in [0.1, 0.15) is 0 Å². The van der Waals surface area contributed by atoms with Gasteiger partial charge in [0, 0.05) is 46.6 Å². The number of hydrogen-bond acceptors (Lipinski definition) is 4. The fourth-order valence-electron chi connectivity index (χ4n) is 6.19. The van der Waals surface area contributed by atoms with Gasteiger partial charge in [-0.15, -0.1) is 0 Å². The van der Waals surface area contributed by atoms with Crippen LogP contribution in [0.3, 0.4) is 0 Å². The molecular weight excluding hydrogens is 394 g/mol. The van der Waals surface area contributed by atoms with Gasteiger partial charge in [-0.3, -0.25) is 4.90 Å². The molecule has 2 aromatic rings. The van der Waals surface area contributed by atoms with E-state index >= 15 is 0 Å². The third-order valence-electron chi connectivity index (χ3n) is 8.36. The molecule has 4 heteroatoms. The topological polar surface area (TPSA) is 30.0 Å². The number of piperidine rings is 3. The number of rotatable bonds is 7. The summed E-state index contributed by atoms with van der Waals surface area (Å²) in [5, 5.41) is 12.1. The molecule has 2 aromatic carbocycles. The summed E-state index contributed by atoms with van der Waals surface area (Å²) in [7, 11) is 2.21. The van der Waals surface area contributed by atoms with Gasteiger partial charge in [0.15, 0.2) is 0 Å². The number of benzene rings is 2. The van der Waals surface area contributed by atoms with Crippen molar-refractivity contribution >= 4 is 0 Å². The van der Waals surface area contributed by atoms with E-state index in [-0.39, 0.29) is 1.43 Å². The fraction of sp³-hybridized carbons (Fsp3) is 0.571. The van der Waals surface area contributed by atoms with Crippen molar-refractivity contribution in [2.45, 2.75) is 37.8 Å². The van der Waals surface area contributed by atoms with Crippen LogP contribution in [0.15, 0.2) is 54.6 Å². The van der Waals surface area contributed by atoms with Crippen LogP contribution in [0.1, 0.15) is 37.4 Å². The lowest BCUT2D eigenvalue weighted by Gasteiger charge is -2.51. The highest BCUT2D eigenvalue weighted by atomic mass is 16.3. The third kappa shape index (κ3) is 4.79. The van der Waals surface area contributed by atoms with Gasteiger partial charge in [0.05, 0.1) is 5.60 Å². The van der Waals surface area contributed by atoms with E-state index < -0.39 is 5.60 Å². The lowest BCUT2D eigenvalue weighted by atomic mass is 9.66. The van der Waals surface area contributed by atoms with Crippen molar-refractivity contribution in [2.24, 2.45) is 11.8 Å². The SMILES string of the molecule is CN1CCN(Cc2ccc(CCC(O)(c3ccccc3)C3CN4CCC3CC4)cc2)CC1.[HH]. The van der Waals surface area contributed by atoms with Crippen molar-refractivity contribution in [3.8, 4) is 0 Å². The number of fused-ring (bicyclic) bond motifs is 3. The summed E-state index contributed by atoms with van der Waals surface area (Å²) in [5.74, 6) is 0.986. The van der Waals surface area contributed by atoms with Crippen molar-refractivity contribution < 1.29 is 6.53 Å². The summed E-state index contributed by atoms with van der Waals surface area (Å²) in [6.45, 7) is 9.14. The van der Waals surface area contributed by atoms with Crippen LogP contribution >= 0.6 is 0 Å². The van der Waals surface area contributed by atoms with Crippen LogP contribution in [-0.2, 0) is 18.6 Å². The molecule has 0 radical (unpaired) electrons. The first-order valence-electron chi connectivity index (χ1n) is 12.6. The first-order chi connectivity index (χ1) is 15.6. The van der Waals surface area contributed by atoms with Crippen molar-refractivity contribution in [1.82, 2.24) is 14.7 Å². The molecule has 2 atom stereocenters.